The highest BCUT2D eigenvalue weighted by Gasteiger charge is 2.38. The van der Waals surface area contributed by atoms with E-state index in [1.807, 2.05) is 37.3 Å². The summed E-state index contributed by atoms with van der Waals surface area (Å²) in [5.41, 5.74) is 0.933. The smallest absolute Gasteiger partial charge is 0.417 e. The molecule has 0 aliphatic carbocycles. The lowest BCUT2D eigenvalue weighted by Crippen LogP contribution is -2.33. The minimum Gasteiger partial charge on any atom is -0.446 e. The maximum absolute atomic E-state index is 11.9. The lowest BCUT2D eigenvalue weighted by molar-refractivity contribution is -0.129. The summed E-state index contributed by atoms with van der Waals surface area (Å²) in [5, 5.41) is 0. The van der Waals surface area contributed by atoms with E-state index >= 15 is 0 Å². The molecule has 1 aromatic rings. The molecular formula is C13H15NO3. The zero-order chi connectivity index (χ0) is 12.3. The van der Waals surface area contributed by atoms with Gasteiger partial charge in [-0.2, -0.15) is 0 Å². The molecule has 0 aromatic heterocycles. The molecule has 1 saturated heterocycles. The number of carbonyl (C=O) groups is 2. The van der Waals surface area contributed by atoms with Crippen LogP contribution in [0, 0.1) is 0 Å². The molecule has 0 radical (unpaired) electrons. The Morgan fingerprint density at radius 1 is 1.41 bits per heavy atom. The number of carbonyl (C=O) groups excluding carboxylic acids is 2. The first-order valence-corrected chi connectivity index (χ1v) is 5.77. The van der Waals surface area contributed by atoms with Crippen LogP contribution in [0.5, 0.6) is 0 Å². The zero-order valence-corrected chi connectivity index (χ0v) is 9.76. The fourth-order valence-electron chi connectivity index (χ4n) is 1.95. The molecule has 0 N–H and O–H groups in total. The fourth-order valence-corrected chi connectivity index (χ4v) is 1.95. The highest BCUT2D eigenvalue weighted by Crippen LogP contribution is 2.28. The van der Waals surface area contributed by atoms with Gasteiger partial charge in [0.25, 0.3) is 0 Å². The number of hydrogen-bond donors (Lipinski definition) is 0. The lowest BCUT2D eigenvalue weighted by atomic mass is 10.1. The second-order valence-corrected chi connectivity index (χ2v) is 4.02. The van der Waals surface area contributed by atoms with E-state index in [9.17, 15) is 9.59 Å². The van der Waals surface area contributed by atoms with Crippen LogP contribution in [0.1, 0.15) is 31.4 Å². The van der Waals surface area contributed by atoms with Crippen LogP contribution in [0.4, 0.5) is 4.79 Å². The summed E-state index contributed by atoms with van der Waals surface area (Å²) in [5.74, 6) is -0.163. The molecule has 1 heterocycles. The van der Waals surface area contributed by atoms with Crippen molar-refractivity contribution in [2.45, 2.75) is 25.8 Å². The van der Waals surface area contributed by atoms with Crippen LogP contribution in [-0.4, -0.2) is 23.5 Å². The van der Waals surface area contributed by atoms with E-state index in [0.717, 1.165) is 12.0 Å². The SMILES string of the molecule is CCCC(=O)N1C(=O)OC[C@@H]1c1ccccc1. The van der Waals surface area contributed by atoms with Crippen molar-refractivity contribution in [3.8, 4) is 0 Å². The largest absolute Gasteiger partial charge is 0.446 e. The molecule has 1 aliphatic heterocycles. The van der Waals surface area contributed by atoms with E-state index in [-0.39, 0.29) is 18.6 Å². The van der Waals surface area contributed by atoms with Crippen molar-refractivity contribution in [1.82, 2.24) is 4.90 Å². The van der Waals surface area contributed by atoms with Crippen LogP contribution in [0.25, 0.3) is 0 Å². The Balaban J connectivity index is 2.22. The van der Waals surface area contributed by atoms with Crippen molar-refractivity contribution in [2.75, 3.05) is 6.61 Å². The van der Waals surface area contributed by atoms with Crippen molar-refractivity contribution in [1.29, 1.82) is 0 Å². The molecule has 0 bridgehead atoms. The predicted octanol–water partition coefficient (Wildman–Crippen LogP) is 2.51. The molecule has 0 unspecified atom stereocenters. The Kier molecular flexibility index (Phi) is 3.42. The van der Waals surface area contributed by atoms with E-state index in [1.165, 1.54) is 4.90 Å². The number of imide groups is 1. The van der Waals surface area contributed by atoms with E-state index in [4.69, 9.17) is 4.74 Å². The molecule has 2 amide bonds. The maximum atomic E-state index is 11.9. The van der Waals surface area contributed by atoms with Gasteiger partial charge < -0.3 is 4.74 Å². The first kappa shape index (κ1) is 11.6. The van der Waals surface area contributed by atoms with E-state index < -0.39 is 6.09 Å². The first-order valence-electron chi connectivity index (χ1n) is 5.77. The fraction of sp³-hybridized carbons (Fsp3) is 0.385. The van der Waals surface area contributed by atoms with Crippen molar-refractivity contribution < 1.29 is 14.3 Å². The van der Waals surface area contributed by atoms with Gasteiger partial charge in [-0.05, 0) is 12.0 Å². The molecule has 1 atom stereocenters. The molecule has 1 aromatic carbocycles. The van der Waals surface area contributed by atoms with Crippen LogP contribution in [-0.2, 0) is 9.53 Å². The highest BCUT2D eigenvalue weighted by atomic mass is 16.6. The Bertz CT molecular complexity index is 416. The van der Waals surface area contributed by atoms with Gasteiger partial charge in [0.05, 0.1) is 0 Å². The Morgan fingerprint density at radius 3 is 2.76 bits per heavy atom. The van der Waals surface area contributed by atoms with Gasteiger partial charge >= 0.3 is 6.09 Å². The monoisotopic (exact) mass is 233 g/mol. The maximum Gasteiger partial charge on any atom is 0.417 e. The molecule has 90 valence electrons. The van der Waals surface area contributed by atoms with Crippen LogP contribution >= 0.6 is 0 Å². The van der Waals surface area contributed by atoms with E-state index in [1.54, 1.807) is 0 Å². The van der Waals surface area contributed by atoms with Crippen LogP contribution in [0.15, 0.2) is 30.3 Å². The number of benzene rings is 1. The van der Waals surface area contributed by atoms with E-state index in [0.29, 0.717) is 6.42 Å². The number of ether oxygens (including phenoxy) is 1. The molecule has 1 fully saturated rings. The molecule has 17 heavy (non-hydrogen) atoms. The number of nitrogens with zero attached hydrogens (tertiary/aromatic N) is 1. The van der Waals surface area contributed by atoms with Gasteiger partial charge in [0.15, 0.2) is 0 Å². The van der Waals surface area contributed by atoms with E-state index in [2.05, 4.69) is 0 Å². The molecule has 1 aliphatic rings. The molecule has 4 nitrogen and oxygen atoms in total. The third kappa shape index (κ3) is 2.30. The van der Waals surface area contributed by atoms with Gasteiger partial charge in [-0.3, -0.25) is 4.79 Å². The second kappa shape index (κ2) is 4.99. The topological polar surface area (TPSA) is 46.6 Å². The van der Waals surface area contributed by atoms with Crippen LogP contribution in [0.3, 0.4) is 0 Å². The first-order chi connectivity index (χ1) is 8.24. The Hall–Kier alpha value is -1.84. The quantitative estimate of drug-likeness (QED) is 0.805. The standard InChI is InChI=1S/C13H15NO3/c1-2-6-12(15)14-11(9-17-13(14)16)10-7-4-3-5-8-10/h3-5,7-8,11H,2,6,9H2,1H3/t11-/m1/s1. The van der Waals surface area contributed by atoms with Gasteiger partial charge in [0.1, 0.15) is 12.6 Å². The Labute approximate surface area is 100 Å². The van der Waals surface area contributed by atoms with Gasteiger partial charge in [-0.15, -0.1) is 0 Å². The molecular weight excluding hydrogens is 218 g/mol. The lowest BCUT2D eigenvalue weighted by Gasteiger charge is -2.19. The summed E-state index contributed by atoms with van der Waals surface area (Å²) >= 11 is 0. The van der Waals surface area contributed by atoms with Gasteiger partial charge in [0.2, 0.25) is 5.91 Å². The molecule has 2 rings (SSSR count). The Morgan fingerprint density at radius 2 is 2.12 bits per heavy atom. The summed E-state index contributed by atoms with van der Waals surface area (Å²) in [4.78, 5) is 24.7. The normalized spacial score (nSPS) is 19.2. The molecule has 0 spiro atoms. The van der Waals surface area contributed by atoms with Crippen LogP contribution < -0.4 is 0 Å². The number of rotatable bonds is 3. The summed E-state index contributed by atoms with van der Waals surface area (Å²) in [7, 11) is 0. The second-order valence-electron chi connectivity index (χ2n) is 4.02. The zero-order valence-electron chi connectivity index (χ0n) is 9.76. The van der Waals surface area contributed by atoms with Gasteiger partial charge in [0, 0.05) is 6.42 Å². The summed E-state index contributed by atoms with van der Waals surface area (Å²) in [6, 6.07) is 9.21. The summed E-state index contributed by atoms with van der Waals surface area (Å²) in [6.45, 7) is 2.16. The minimum absolute atomic E-state index is 0.163. The highest BCUT2D eigenvalue weighted by molar-refractivity contribution is 5.93. The molecule has 0 saturated carbocycles. The third-order valence-electron chi connectivity index (χ3n) is 2.79. The van der Waals surface area contributed by atoms with Crippen molar-refractivity contribution in [2.24, 2.45) is 0 Å². The average Bonchev–Trinajstić information content (AvgIpc) is 2.73. The summed E-state index contributed by atoms with van der Waals surface area (Å²) in [6.07, 6.45) is 0.569. The summed E-state index contributed by atoms with van der Waals surface area (Å²) < 4.78 is 4.97. The average molecular weight is 233 g/mol. The number of hydrogen-bond acceptors (Lipinski definition) is 3. The number of amides is 2. The molecule has 4 heteroatoms. The predicted molar refractivity (Wildman–Crippen MR) is 62.3 cm³/mol. The van der Waals surface area contributed by atoms with Gasteiger partial charge in [-0.25, -0.2) is 9.69 Å². The van der Waals surface area contributed by atoms with Crippen molar-refractivity contribution >= 4 is 12.0 Å². The number of cyclic esters (lactones) is 1. The van der Waals surface area contributed by atoms with Crippen molar-refractivity contribution in [3.05, 3.63) is 35.9 Å². The van der Waals surface area contributed by atoms with Crippen LogP contribution in [0.2, 0.25) is 0 Å². The third-order valence-corrected chi connectivity index (χ3v) is 2.79. The van der Waals surface area contributed by atoms with Gasteiger partial charge in [-0.1, -0.05) is 37.3 Å². The van der Waals surface area contributed by atoms with Crippen molar-refractivity contribution in [3.63, 3.8) is 0 Å². The minimum atomic E-state index is -0.530.